The molecule has 144 valence electrons. The number of nitrogens with zero attached hydrogens (tertiary/aromatic N) is 3. The number of para-hydroxylation sites is 1. The predicted octanol–water partition coefficient (Wildman–Crippen LogP) is 4.97. The van der Waals surface area contributed by atoms with Crippen molar-refractivity contribution in [1.29, 1.82) is 5.26 Å². The first-order valence-corrected chi connectivity index (χ1v) is 10.1. The summed E-state index contributed by atoms with van der Waals surface area (Å²) in [5, 5.41) is 26.9. The number of hydrogen-bond acceptors (Lipinski definition) is 7. The van der Waals surface area contributed by atoms with E-state index in [4.69, 9.17) is 14.4 Å². The maximum Gasteiger partial charge on any atom is 0.247 e. The van der Waals surface area contributed by atoms with Crippen molar-refractivity contribution in [3.63, 3.8) is 0 Å². The zero-order chi connectivity index (χ0) is 19.8. The normalized spacial score (nSPS) is 11.7. The van der Waals surface area contributed by atoms with Crippen LogP contribution in [-0.4, -0.2) is 27.7 Å². The van der Waals surface area contributed by atoms with Crippen LogP contribution in [0.5, 0.6) is 11.5 Å². The van der Waals surface area contributed by atoms with Gasteiger partial charge in [0.15, 0.2) is 0 Å². The largest absolute Gasteiger partial charge is 0.508 e. The summed E-state index contributed by atoms with van der Waals surface area (Å²) in [6.45, 7) is 2.55. The van der Waals surface area contributed by atoms with Crippen LogP contribution in [0.25, 0.3) is 11.5 Å². The molecule has 7 heteroatoms. The molecule has 0 bridgehead atoms. The zero-order valence-corrected chi connectivity index (χ0v) is 16.4. The Bertz CT molecular complexity index is 935. The second-order valence-corrected chi connectivity index (χ2v) is 7.36. The van der Waals surface area contributed by atoms with Gasteiger partial charge >= 0.3 is 0 Å². The molecule has 0 spiro atoms. The SMILES string of the molecule is CCSC(c1nnc(-c2ccc(OCCCC#N)cc2)o1)c1ccccc1O. The number of ether oxygens (including phenoxy) is 1. The quantitative estimate of drug-likeness (QED) is 0.511. The monoisotopic (exact) mass is 395 g/mol. The molecule has 0 fully saturated rings. The van der Waals surface area contributed by atoms with Gasteiger partial charge in [0.05, 0.1) is 12.7 Å². The van der Waals surface area contributed by atoms with E-state index in [0.717, 1.165) is 22.6 Å². The van der Waals surface area contributed by atoms with Crippen molar-refractivity contribution >= 4 is 11.8 Å². The fourth-order valence-corrected chi connectivity index (χ4v) is 3.61. The van der Waals surface area contributed by atoms with Gasteiger partial charge in [0.2, 0.25) is 11.8 Å². The van der Waals surface area contributed by atoms with Gasteiger partial charge in [0.25, 0.3) is 0 Å². The summed E-state index contributed by atoms with van der Waals surface area (Å²) in [6, 6.07) is 16.7. The van der Waals surface area contributed by atoms with Crippen LogP contribution >= 0.6 is 11.8 Å². The van der Waals surface area contributed by atoms with E-state index in [9.17, 15) is 5.11 Å². The summed E-state index contributed by atoms with van der Waals surface area (Å²) >= 11 is 1.62. The van der Waals surface area contributed by atoms with Crippen molar-refractivity contribution in [2.75, 3.05) is 12.4 Å². The van der Waals surface area contributed by atoms with E-state index >= 15 is 0 Å². The van der Waals surface area contributed by atoms with Crippen LogP contribution in [0.15, 0.2) is 52.9 Å². The van der Waals surface area contributed by atoms with Gasteiger partial charge in [-0.25, -0.2) is 0 Å². The minimum atomic E-state index is -0.227. The number of thioether (sulfide) groups is 1. The van der Waals surface area contributed by atoms with Crippen molar-refractivity contribution in [3.8, 4) is 29.0 Å². The molecule has 0 aliphatic heterocycles. The van der Waals surface area contributed by atoms with Gasteiger partial charge in [-0.2, -0.15) is 5.26 Å². The third-order valence-corrected chi connectivity index (χ3v) is 5.14. The average Bonchev–Trinajstić information content (AvgIpc) is 3.20. The van der Waals surface area contributed by atoms with Gasteiger partial charge in [-0.05, 0) is 42.5 Å². The van der Waals surface area contributed by atoms with Gasteiger partial charge in [-0.3, -0.25) is 0 Å². The Labute approximate surface area is 168 Å². The summed E-state index contributed by atoms with van der Waals surface area (Å²) in [5.74, 6) is 2.67. The first-order chi connectivity index (χ1) is 13.7. The van der Waals surface area contributed by atoms with E-state index in [-0.39, 0.29) is 11.0 Å². The van der Waals surface area contributed by atoms with Gasteiger partial charge in [0, 0.05) is 17.5 Å². The lowest BCUT2D eigenvalue weighted by molar-refractivity contribution is 0.312. The van der Waals surface area contributed by atoms with Crippen molar-refractivity contribution in [1.82, 2.24) is 10.2 Å². The first-order valence-electron chi connectivity index (χ1n) is 9.06. The molecule has 1 aromatic heterocycles. The van der Waals surface area contributed by atoms with Crippen LogP contribution in [-0.2, 0) is 0 Å². The minimum Gasteiger partial charge on any atom is -0.508 e. The predicted molar refractivity (Wildman–Crippen MR) is 108 cm³/mol. The van der Waals surface area contributed by atoms with Crippen molar-refractivity contribution in [3.05, 3.63) is 60.0 Å². The van der Waals surface area contributed by atoms with E-state index in [1.807, 2.05) is 43.3 Å². The van der Waals surface area contributed by atoms with Crippen LogP contribution in [0.4, 0.5) is 0 Å². The standard InChI is InChI=1S/C21H21N3O3S/c1-2-28-19(17-7-3-4-8-18(17)25)21-24-23-20(27-21)15-9-11-16(12-10-15)26-14-6-5-13-22/h3-4,7-12,19,25H,2,5-6,14H2,1H3. The van der Waals surface area contributed by atoms with Crippen LogP contribution in [0.3, 0.4) is 0 Å². The Balaban J connectivity index is 1.75. The van der Waals surface area contributed by atoms with Crippen molar-refractivity contribution in [2.45, 2.75) is 25.0 Å². The lowest BCUT2D eigenvalue weighted by Gasteiger charge is -2.13. The highest BCUT2D eigenvalue weighted by Gasteiger charge is 2.23. The van der Waals surface area contributed by atoms with Crippen LogP contribution in [0.1, 0.15) is 36.5 Å². The fourth-order valence-electron chi connectivity index (χ4n) is 2.66. The van der Waals surface area contributed by atoms with Gasteiger partial charge in [0.1, 0.15) is 16.7 Å². The minimum absolute atomic E-state index is 0.214. The molecule has 1 atom stereocenters. The number of hydrogen-bond donors (Lipinski definition) is 1. The van der Waals surface area contributed by atoms with Crippen LogP contribution in [0.2, 0.25) is 0 Å². The van der Waals surface area contributed by atoms with Crippen molar-refractivity contribution < 1.29 is 14.3 Å². The topological polar surface area (TPSA) is 92.2 Å². The van der Waals surface area contributed by atoms with Gasteiger partial charge < -0.3 is 14.3 Å². The molecule has 6 nitrogen and oxygen atoms in total. The smallest absolute Gasteiger partial charge is 0.247 e. The molecule has 28 heavy (non-hydrogen) atoms. The summed E-state index contributed by atoms with van der Waals surface area (Å²) in [5.41, 5.74) is 1.55. The number of rotatable bonds is 9. The Morgan fingerprint density at radius 1 is 1.18 bits per heavy atom. The number of phenols is 1. The summed E-state index contributed by atoms with van der Waals surface area (Å²) < 4.78 is 11.5. The number of nitriles is 1. The van der Waals surface area contributed by atoms with Crippen LogP contribution < -0.4 is 4.74 Å². The third kappa shape index (κ3) is 4.84. The van der Waals surface area contributed by atoms with Crippen molar-refractivity contribution in [2.24, 2.45) is 0 Å². The van der Waals surface area contributed by atoms with E-state index in [1.54, 1.807) is 23.9 Å². The molecule has 0 amide bonds. The Hall–Kier alpha value is -2.98. The van der Waals surface area contributed by atoms with E-state index in [2.05, 4.69) is 16.3 Å². The number of unbranched alkanes of at least 4 members (excludes halogenated alkanes) is 1. The van der Waals surface area contributed by atoms with E-state index in [0.29, 0.717) is 31.2 Å². The molecule has 0 saturated carbocycles. The lowest BCUT2D eigenvalue weighted by atomic mass is 10.1. The van der Waals surface area contributed by atoms with E-state index < -0.39 is 0 Å². The molecular weight excluding hydrogens is 374 g/mol. The molecule has 2 aromatic carbocycles. The highest BCUT2D eigenvalue weighted by atomic mass is 32.2. The number of phenolic OH excluding ortho intramolecular Hbond substituents is 1. The highest BCUT2D eigenvalue weighted by molar-refractivity contribution is 7.99. The number of aromatic nitrogens is 2. The van der Waals surface area contributed by atoms with E-state index in [1.165, 1.54) is 0 Å². The zero-order valence-electron chi connectivity index (χ0n) is 15.5. The third-order valence-electron chi connectivity index (χ3n) is 4.02. The summed E-state index contributed by atoms with van der Waals surface area (Å²) in [7, 11) is 0. The van der Waals surface area contributed by atoms with Gasteiger partial charge in [-0.1, -0.05) is 25.1 Å². The fraction of sp³-hybridized carbons (Fsp3) is 0.286. The molecule has 1 unspecified atom stereocenters. The molecule has 3 aromatic rings. The number of benzene rings is 2. The molecule has 1 N–H and O–H groups in total. The molecule has 0 aliphatic carbocycles. The second kappa shape index (κ2) is 9.81. The molecular formula is C21H21N3O3S. The maximum absolute atomic E-state index is 10.2. The molecule has 0 aliphatic rings. The molecule has 0 saturated heterocycles. The first kappa shape index (κ1) is 19.8. The van der Waals surface area contributed by atoms with Crippen LogP contribution in [0, 0.1) is 11.3 Å². The Morgan fingerprint density at radius 2 is 1.96 bits per heavy atom. The number of aromatic hydroxyl groups is 1. The Morgan fingerprint density at radius 3 is 2.68 bits per heavy atom. The highest BCUT2D eigenvalue weighted by Crippen LogP contribution is 2.39. The molecule has 0 radical (unpaired) electrons. The average molecular weight is 395 g/mol. The second-order valence-electron chi connectivity index (χ2n) is 5.97. The molecule has 3 rings (SSSR count). The maximum atomic E-state index is 10.2. The van der Waals surface area contributed by atoms with Gasteiger partial charge in [-0.15, -0.1) is 22.0 Å². The molecule has 1 heterocycles. The summed E-state index contributed by atoms with van der Waals surface area (Å²) in [4.78, 5) is 0. The lowest BCUT2D eigenvalue weighted by Crippen LogP contribution is -1.98. The summed E-state index contributed by atoms with van der Waals surface area (Å²) in [6.07, 6.45) is 1.19. The Kier molecular flexibility index (Phi) is 6.93.